The van der Waals surface area contributed by atoms with Gasteiger partial charge in [-0.2, -0.15) is 0 Å². The molecule has 3 saturated heterocycles. The smallest absolute Gasteiger partial charge is 0.254 e. The molecule has 3 aliphatic heterocycles. The van der Waals surface area contributed by atoms with Crippen LogP contribution in [0.25, 0.3) is 0 Å². The SMILES string of the molecule is COC1CN(C(=O)c2cc(C)ccc2C)CC1Oc1cccc(CS(=O)(=O)N2CCC3(COC3)C2)c1. The van der Waals surface area contributed by atoms with Crippen molar-refractivity contribution in [3.05, 3.63) is 64.7 Å². The highest BCUT2D eigenvalue weighted by atomic mass is 32.2. The van der Waals surface area contributed by atoms with Crippen molar-refractivity contribution >= 4 is 15.9 Å². The molecule has 8 nitrogen and oxygen atoms in total. The Morgan fingerprint density at radius 1 is 1.11 bits per heavy atom. The van der Waals surface area contributed by atoms with Crippen LogP contribution in [0.5, 0.6) is 5.75 Å². The molecule has 3 aliphatic rings. The third-order valence-corrected chi connectivity index (χ3v) is 9.37. The highest BCUT2D eigenvalue weighted by Gasteiger charge is 2.47. The average molecular weight is 515 g/mol. The molecule has 194 valence electrons. The minimum atomic E-state index is -3.43. The molecule has 1 spiro atoms. The first kappa shape index (κ1) is 25.2. The first-order valence-corrected chi connectivity index (χ1v) is 14.0. The normalized spacial score (nSPS) is 23.7. The zero-order valence-corrected chi connectivity index (χ0v) is 21.9. The summed E-state index contributed by atoms with van der Waals surface area (Å²) in [5, 5.41) is 0. The lowest BCUT2D eigenvalue weighted by Crippen LogP contribution is -2.45. The van der Waals surface area contributed by atoms with Gasteiger partial charge in [0.05, 0.1) is 32.1 Å². The minimum Gasteiger partial charge on any atom is -0.486 e. The number of aryl methyl sites for hydroxylation is 2. The van der Waals surface area contributed by atoms with E-state index in [0.29, 0.717) is 56.3 Å². The van der Waals surface area contributed by atoms with Gasteiger partial charge in [0, 0.05) is 31.2 Å². The van der Waals surface area contributed by atoms with Crippen LogP contribution in [0.2, 0.25) is 0 Å². The third kappa shape index (κ3) is 5.02. The molecule has 0 N–H and O–H groups in total. The zero-order chi connectivity index (χ0) is 25.5. The highest BCUT2D eigenvalue weighted by molar-refractivity contribution is 7.88. The molecular weight excluding hydrogens is 480 g/mol. The summed E-state index contributed by atoms with van der Waals surface area (Å²) in [7, 11) is -1.82. The fourth-order valence-corrected chi connectivity index (χ4v) is 6.95. The molecule has 2 unspecified atom stereocenters. The van der Waals surface area contributed by atoms with Gasteiger partial charge in [-0.1, -0.05) is 29.8 Å². The number of hydrogen-bond acceptors (Lipinski definition) is 6. The van der Waals surface area contributed by atoms with Crippen LogP contribution < -0.4 is 4.74 Å². The lowest BCUT2D eigenvalue weighted by Gasteiger charge is -2.37. The summed E-state index contributed by atoms with van der Waals surface area (Å²) < 4.78 is 44.9. The molecule has 2 atom stereocenters. The van der Waals surface area contributed by atoms with Gasteiger partial charge in [-0.25, -0.2) is 12.7 Å². The second-order valence-electron chi connectivity index (χ2n) is 10.4. The number of amides is 1. The van der Waals surface area contributed by atoms with Crippen molar-refractivity contribution in [1.29, 1.82) is 0 Å². The lowest BCUT2D eigenvalue weighted by atomic mass is 9.86. The zero-order valence-electron chi connectivity index (χ0n) is 21.1. The van der Waals surface area contributed by atoms with E-state index in [-0.39, 0.29) is 29.3 Å². The number of carbonyl (C=O) groups is 1. The summed E-state index contributed by atoms with van der Waals surface area (Å²) in [6.07, 6.45) is 0.220. The summed E-state index contributed by atoms with van der Waals surface area (Å²) in [5.41, 5.74) is 3.35. The quantitative estimate of drug-likeness (QED) is 0.565. The Kier molecular flexibility index (Phi) is 6.84. The number of nitrogens with zero attached hydrogens (tertiary/aromatic N) is 2. The Labute approximate surface area is 213 Å². The molecule has 0 aliphatic carbocycles. The van der Waals surface area contributed by atoms with Gasteiger partial charge in [0.25, 0.3) is 5.91 Å². The van der Waals surface area contributed by atoms with Crippen molar-refractivity contribution in [2.75, 3.05) is 46.5 Å². The number of hydrogen-bond donors (Lipinski definition) is 0. The number of sulfonamides is 1. The topological polar surface area (TPSA) is 85.4 Å². The van der Waals surface area contributed by atoms with Crippen molar-refractivity contribution in [2.24, 2.45) is 5.41 Å². The van der Waals surface area contributed by atoms with Gasteiger partial charge in [-0.05, 0) is 49.6 Å². The number of ether oxygens (including phenoxy) is 3. The van der Waals surface area contributed by atoms with E-state index in [1.54, 1.807) is 28.4 Å². The van der Waals surface area contributed by atoms with Crippen molar-refractivity contribution < 1.29 is 27.4 Å². The van der Waals surface area contributed by atoms with E-state index in [9.17, 15) is 13.2 Å². The molecule has 9 heteroatoms. The van der Waals surface area contributed by atoms with E-state index >= 15 is 0 Å². The molecule has 1 amide bonds. The van der Waals surface area contributed by atoms with Crippen molar-refractivity contribution in [3.8, 4) is 5.75 Å². The van der Waals surface area contributed by atoms with E-state index in [1.165, 1.54) is 0 Å². The molecular formula is C27H34N2O6S. The molecule has 0 bridgehead atoms. The van der Waals surface area contributed by atoms with Gasteiger partial charge in [-0.15, -0.1) is 0 Å². The predicted molar refractivity (Wildman–Crippen MR) is 136 cm³/mol. The Hall–Kier alpha value is -2.46. The van der Waals surface area contributed by atoms with Gasteiger partial charge in [0.2, 0.25) is 10.0 Å². The van der Waals surface area contributed by atoms with Crippen molar-refractivity contribution in [2.45, 2.75) is 38.2 Å². The van der Waals surface area contributed by atoms with E-state index in [0.717, 1.165) is 17.5 Å². The maximum Gasteiger partial charge on any atom is 0.254 e. The average Bonchev–Trinajstić information content (AvgIpc) is 3.46. The van der Waals surface area contributed by atoms with E-state index in [1.807, 2.05) is 44.2 Å². The summed E-state index contributed by atoms with van der Waals surface area (Å²) in [6, 6.07) is 13.1. The number of rotatable bonds is 7. The molecule has 3 fully saturated rings. The highest BCUT2D eigenvalue weighted by Crippen LogP contribution is 2.39. The Morgan fingerprint density at radius 3 is 2.58 bits per heavy atom. The maximum atomic E-state index is 13.2. The second-order valence-corrected chi connectivity index (χ2v) is 12.4. The van der Waals surface area contributed by atoms with Crippen molar-refractivity contribution in [3.63, 3.8) is 0 Å². The summed E-state index contributed by atoms with van der Waals surface area (Å²) in [6.45, 7) is 7.11. The largest absolute Gasteiger partial charge is 0.486 e. The van der Waals surface area contributed by atoms with E-state index < -0.39 is 10.0 Å². The molecule has 36 heavy (non-hydrogen) atoms. The first-order chi connectivity index (χ1) is 17.2. The minimum absolute atomic E-state index is 0.00988. The number of likely N-dealkylation sites (tertiary alicyclic amines) is 1. The summed E-state index contributed by atoms with van der Waals surface area (Å²) >= 11 is 0. The van der Waals surface area contributed by atoms with Crippen LogP contribution in [0.4, 0.5) is 0 Å². The maximum absolute atomic E-state index is 13.2. The summed E-state index contributed by atoms with van der Waals surface area (Å²) in [4.78, 5) is 15.0. The Bertz CT molecular complexity index is 1240. The van der Waals surface area contributed by atoms with Gasteiger partial charge >= 0.3 is 0 Å². The molecule has 3 heterocycles. The Balaban J connectivity index is 1.25. The number of carbonyl (C=O) groups excluding carboxylic acids is 1. The van der Waals surface area contributed by atoms with Gasteiger partial charge in [-0.3, -0.25) is 4.79 Å². The Morgan fingerprint density at radius 2 is 1.89 bits per heavy atom. The molecule has 2 aromatic rings. The van der Waals surface area contributed by atoms with Crippen LogP contribution in [0.3, 0.4) is 0 Å². The lowest BCUT2D eigenvalue weighted by molar-refractivity contribution is -0.102. The van der Waals surface area contributed by atoms with E-state index in [2.05, 4.69) is 0 Å². The molecule has 0 radical (unpaired) electrons. The fraction of sp³-hybridized carbons (Fsp3) is 0.519. The number of benzene rings is 2. The van der Waals surface area contributed by atoms with Gasteiger partial charge in [0.1, 0.15) is 18.0 Å². The fourth-order valence-electron chi connectivity index (χ4n) is 5.33. The third-order valence-electron chi connectivity index (χ3n) is 7.58. The summed E-state index contributed by atoms with van der Waals surface area (Å²) in [5.74, 6) is 0.460. The second kappa shape index (κ2) is 9.78. The standard InChI is InChI=1S/C27H34N2O6S/c1-19-7-8-20(2)23(11-19)26(30)28-13-24(33-3)25(14-28)35-22-6-4-5-21(12-22)15-36(31,32)29-10-9-27(16-29)17-34-18-27/h4-8,11-12,24-25H,9-10,13-18H2,1-3H3. The van der Waals surface area contributed by atoms with Crippen LogP contribution in [-0.2, 0) is 25.2 Å². The van der Waals surface area contributed by atoms with E-state index in [4.69, 9.17) is 14.2 Å². The molecule has 2 aromatic carbocycles. The number of methoxy groups -OCH3 is 1. The van der Waals surface area contributed by atoms with Crippen LogP contribution in [0, 0.1) is 19.3 Å². The molecule has 0 aromatic heterocycles. The predicted octanol–water partition coefficient (Wildman–Crippen LogP) is 2.77. The first-order valence-electron chi connectivity index (χ1n) is 12.4. The molecule has 5 rings (SSSR count). The van der Waals surface area contributed by atoms with Crippen LogP contribution in [-0.4, -0.2) is 82.2 Å². The van der Waals surface area contributed by atoms with Gasteiger partial charge in [0.15, 0.2) is 0 Å². The monoisotopic (exact) mass is 514 g/mol. The molecule has 0 saturated carbocycles. The van der Waals surface area contributed by atoms with Gasteiger partial charge < -0.3 is 19.1 Å². The van der Waals surface area contributed by atoms with Crippen LogP contribution in [0.1, 0.15) is 33.5 Å². The van der Waals surface area contributed by atoms with Crippen LogP contribution in [0.15, 0.2) is 42.5 Å². The van der Waals surface area contributed by atoms with Crippen molar-refractivity contribution in [1.82, 2.24) is 9.21 Å². The van der Waals surface area contributed by atoms with Crippen LogP contribution >= 0.6 is 0 Å².